The summed E-state index contributed by atoms with van der Waals surface area (Å²) in [5.74, 6) is 0.135. The summed E-state index contributed by atoms with van der Waals surface area (Å²) in [5.41, 5.74) is -0.185. The van der Waals surface area contributed by atoms with Gasteiger partial charge in [0.2, 0.25) is 0 Å². The summed E-state index contributed by atoms with van der Waals surface area (Å²) >= 11 is 0. The molecule has 0 bridgehead atoms. The molecule has 0 aliphatic rings. The van der Waals surface area contributed by atoms with E-state index in [9.17, 15) is 14.9 Å². The highest BCUT2D eigenvalue weighted by Crippen LogP contribution is 2.25. The SMILES string of the molecule is O=C(COc1ccccc1[N+](=O)[O-])NCc1ncn[nH]1. The van der Waals surface area contributed by atoms with Crippen LogP contribution in [0, 0.1) is 10.1 Å². The Morgan fingerprint density at radius 3 is 2.95 bits per heavy atom. The summed E-state index contributed by atoms with van der Waals surface area (Å²) in [6, 6.07) is 5.85. The number of aromatic nitrogens is 3. The van der Waals surface area contributed by atoms with Gasteiger partial charge in [0.05, 0.1) is 11.5 Å². The number of para-hydroxylation sites is 2. The van der Waals surface area contributed by atoms with Crippen LogP contribution in [0.15, 0.2) is 30.6 Å². The van der Waals surface area contributed by atoms with Crippen LogP contribution < -0.4 is 10.1 Å². The molecule has 0 aliphatic carbocycles. The zero-order valence-corrected chi connectivity index (χ0v) is 10.3. The zero-order chi connectivity index (χ0) is 14.4. The van der Waals surface area contributed by atoms with Crippen LogP contribution in [-0.4, -0.2) is 32.6 Å². The van der Waals surface area contributed by atoms with Gasteiger partial charge in [0.15, 0.2) is 12.4 Å². The molecule has 0 unspecified atom stereocenters. The standard InChI is InChI=1S/C11H11N5O4/c17-11(12-5-10-13-7-14-15-10)6-20-9-4-2-1-3-8(9)16(18)19/h1-4,7H,5-6H2,(H,12,17)(H,13,14,15). The number of nitro benzene ring substituents is 1. The largest absolute Gasteiger partial charge is 0.477 e. The van der Waals surface area contributed by atoms with Gasteiger partial charge in [-0.2, -0.15) is 5.10 Å². The number of benzene rings is 1. The minimum Gasteiger partial charge on any atom is -0.477 e. The third-order valence-electron chi connectivity index (χ3n) is 2.34. The van der Waals surface area contributed by atoms with Crippen LogP contribution >= 0.6 is 0 Å². The highest BCUT2D eigenvalue weighted by atomic mass is 16.6. The molecule has 2 rings (SSSR count). The molecule has 104 valence electrons. The Kier molecular flexibility index (Phi) is 4.22. The summed E-state index contributed by atoms with van der Waals surface area (Å²) in [4.78, 5) is 25.5. The maximum Gasteiger partial charge on any atom is 0.310 e. The number of rotatable bonds is 6. The van der Waals surface area contributed by atoms with Crippen molar-refractivity contribution in [1.29, 1.82) is 0 Å². The topological polar surface area (TPSA) is 123 Å². The molecule has 0 saturated carbocycles. The van der Waals surface area contributed by atoms with Crippen LogP contribution in [0.1, 0.15) is 5.82 Å². The number of nitrogens with one attached hydrogen (secondary N) is 2. The number of nitro groups is 1. The second-order valence-corrected chi connectivity index (χ2v) is 3.72. The summed E-state index contributed by atoms with van der Waals surface area (Å²) in [6.45, 7) is -0.141. The van der Waals surface area contributed by atoms with E-state index >= 15 is 0 Å². The van der Waals surface area contributed by atoms with Crippen molar-refractivity contribution in [2.45, 2.75) is 6.54 Å². The Labute approximate surface area is 113 Å². The van der Waals surface area contributed by atoms with Crippen LogP contribution in [0.5, 0.6) is 5.75 Å². The molecule has 0 radical (unpaired) electrons. The Bertz CT molecular complexity index is 599. The Balaban J connectivity index is 1.85. The normalized spacial score (nSPS) is 10.0. The monoisotopic (exact) mass is 277 g/mol. The van der Waals surface area contributed by atoms with E-state index in [0.717, 1.165) is 0 Å². The highest BCUT2D eigenvalue weighted by molar-refractivity contribution is 5.77. The number of ether oxygens (including phenoxy) is 1. The molecule has 2 aromatic rings. The molecule has 0 spiro atoms. The van der Waals surface area contributed by atoms with Gasteiger partial charge in [-0.05, 0) is 6.07 Å². The lowest BCUT2D eigenvalue weighted by Crippen LogP contribution is -2.28. The van der Waals surface area contributed by atoms with E-state index in [1.165, 1.54) is 24.5 Å². The Hall–Kier alpha value is -2.97. The first-order valence-electron chi connectivity index (χ1n) is 5.64. The number of carbonyl (C=O) groups excluding carboxylic acids is 1. The summed E-state index contributed by atoms with van der Waals surface area (Å²) in [5, 5.41) is 19.5. The van der Waals surface area contributed by atoms with E-state index in [-0.39, 0.29) is 24.6 Å². The lowest BCUT2D eigenvalue weighted by Gasteiger charge is -2.06. The van der Waals surface area contributed by atoms with E-state index in [2.05, 4.69) is 20.5 Å². The molecule has 0 aliphatic heterocycles. The predicted molar refractivity (Wildman–Crippen MR) is 66.8 cm³/mol. The van der Waals surface area contributed by atoms with Crippen molar-refractivity contribution in [3.05, 3.63) is 46.5 Å². The number of H-pyrrole nitrogens is 1. The van der Waals surface area contributed by atoms with Gasteiger partial charge in [-0.1, -0.05) is 12.1 Å². The van der Waals surface area contributed by atoms with Crippen molar-refractivity contribution in [3.63, 3.8) is 0 Å². The van der Waals surface area contributed by atoms with Gasteiger partial charge in [-0.3, -0.25) is 20.0 Å². The quantitative estimate of drug-likeness (QED) is 0.582. The van der Waals surface area contributed by atoms with Crippen molar-refractivity contribution >= 4 is 11.6 Å². The van der Waals surface area contributed by atoms with Crippen LogP contribution in [-0.2, 0) is 11.3 Å². The fraction of sp³-hybridized carbons (Fsp3) is 0.182. The maximum atomic E-state index is 11.5. The molecule has 0 atom stereocenters. The summed E-state index contributed by atoms with van der Waals surface area (Å²) in [7, 11) is 0. The smallest absolute Gasteiger partial charge is 0.310 e. The minimum atomic E-state index is -0.568. The van der Waals surface area contributed by atoms with Gasteiger partial charge >= 0.3 is 5.69 Å². The first-order chi connectivity index (χ1) is 9.66. The van der Waals surface area contributed by atoms with Crippen molar-refractivity contribution < 1.29 is 14.5 Å². The van der Waals surface area contributed by atoms with E-state index in [0.29, 0.717) is 5.82 Å². The van der Waals surface area contributed by atoms with Crippen molar-refractivity contribution in [2.24, 2.45) is 0 Å². The lowest BCUT2D eigenvalue weighted by atomic mass is 10.3. The average molecular weight is 277 g/mol. The van der Waals surface area contributed by atoms with Crippen LogP contribution in [0.25, 0.3) is 0 Å². The van der Waals surface area contributed by atoms with Crippen LogP contribution in [0.4, 0.5) is 5.69 Å². The molecule has 1 aromatic carbocycles. The Morgan fingerprint density at radius 2 is 2.25 bits per heavy atom. The molecule has 9 nitrogen and oxygen atoms in total. The fourth-order valence-electron chi connectivity index (χ4n) is 1.42. The fourth-order valence-corrected chi connectivity index (χ4v) is 1.42. The molecular weight excluding hydrogens is 266 g/mol. The average Bonchev–Trinajstić information content (AvgIpc) is 2.96. The highest BCUT2D eigenvalue weighted by Gasteiger charge is 2.14. The first kappa shape index (κ1) is 13.5. The molecule has 1 heterocycles. The maximum absolute atomic E-state index is 11.5. The second kappa shape index (κ2) is 6.27. The second-order valence-electron chi connectivity index (χ2n) is 3.72. The lowest BCUT2D eigenvalue weighted by molar-refractivity contribution is -0.385. The first-order valence-corrected chi connectivity index (χ1v) is 5.64. The van der Waals surface area contributed by atoms with Crippen molar-refractivity contribution in [1.82, 2.24) is 20.5 Å². The zero-order valence-electron chi connectivity index (χ0n) is 10.3. The van der Waals surface area contributed by atoms with E-state index in [4.69, 9.17) is 4.74 Å². The molecule has 9 heteroatoms. The van der Waals surface area contributed by atoms with Gasteiger partial charge in [0.25, 0.3) is 5.91 Å². The molecule has 0 saturated heterocycles. The van der Waals surface area contributed by atoms with Gasteiger partial charge in [-0.25, -0.2) is 4.98 Å². The number of hydrogen-bond acceptors (Lipinski definition) is 6. The van der Waals surface area contributed by atoms with E-state index in [1.807, 2.05) is 0 Å². The predicted octanol–water partition coefficient (Wildman–Crippen LogP) is 0.408. The number of amides is 1. The van der Waals surface area contributed by atoms with Crippen molar-refractivity contribution in [3.8, 4) is 5.75 Å². The summed E-state index contributed by atoms with van der Waals surface area (Å²) in [6.07, 6.45) is 1.32. The van der Waals surface area contributed by atoms with Gasteiger partial charge < -0.3 is 10.1 Å². The van der Waals surface area contributed by atoms with Gasteiger partial charge in [0.1, 0.15) is 12.2 Å². The van der Waals surface area contributed by atoms with Crippen LogP contribution in [0.3, 0.4) is 0 Å². The van der Waals surface area contributed by atoms with Gasteiger partial charge in [-0.15, -0.1) is 0 Å². The molecule has 2 N–H and O–H groups in total. The molecule has 1 aromatic heterocycles. The molecular formula is C11H11N5O4. The molecule has 0 fully saturated rings. The number of aromatic amines is 1. The number of hydrogen-bond donors (Lipinski definition) is 2. The Morgan fingerprint density at radius 1 is 1.45 bits per heavy atom. The van der Waals surface area contributed by atoms with Crippen LogP contribution in [0.2, 0.25) is 0 Å². The van der Waals surface area contributed by atoms with Gasteiger partial charge in [0, 0.05) is 6.07 Å². The molecule has 20 heavy (non-hydrogen) atoms. The minimum absolute atomic E-state index is 0.0484. The molecule has 1 amide bonds. The van der Waals surface area contributed by atoms with E-state index in [1.54, 1.807) is 6.07 Å². The van der Waals surface area contributed by atoms with Crippen molar-refractivity contribution in [2.75, 3.05) is 6.61 Å². The number of carbonyl (C=O) groups is 1. The third kappa shape index (κ3) is 3.51. The summed E-state index contributed by atoms with van der Waals surface area (Å²) < 4.78 is 5.13. The van der Waals surface area contributed by atoms with E-state index < -0.39 is 10.8 Å². The number of nitrogens with zero attached hydrogens (tertiary/aromatic N) is 3. The third-order valence-corrected chi connectivity index (χ3v) is 2.34.